The van der Waals surface area contributed by atoms with Crippen molar-refractivity contribution in [2.24, 2.45) is 0 Å². The zero-order chi connectivity index (χ0) is 20.8. The van der Waals surface area contributed by atoms with E-state index in [9.17, 15) is 14.4 Å². The lowest BCUT2D eigenvalue weighted by Gasteiger charge is -2.12. The van der Waals surface area contributed by atoms with Crippen molar-refractivity contribution in [1.82, 2.24) is 5.32 Å². The molecule has 1 amide bonds. The smallest absolute Gasteiger partial charge is 0.339 e. The quantitative estimate of drug-likeness (QED) is 0.425. The zero-order valence-corrected chi connectivity index (χ0v) is 16.6. The Balaban J connectivity index is 2.16. The molecule has 0 radical (unpaired) electrons. The van der Waals surface area contributed by atoms with E-state index in [-0.39, 0.29) is 18.7 Å². The third-order valence-electron chi connectivity index (χ3n) is 4.28. The van der Waals surface area contributed by atoms with Crippen molar-refractivity contribution in [3.63, 3.8) is 0 Å². The van der Waals surface area contributed by atoms with Crippen LogP contribution in [0.25, 0.3) is 11.0 Å². The van der Waals surface area contributed by atoms with Crippen LogP contribution in [0.3, 0.4) is 0 Å². The molecule has 28 heavy (non-hydrogen) atoms. The van der Waals surface area contributed by atoms with Gasteiger partial charge in [0, 0.05) is 23.4 Å². The summed E-state index contributed by atoms with van der Waals surface area (Å²) in [5, 5.41) is 3.32. The van der Waals surface area contributed by atoms with E-state index in [2.05, 4.69) is 16.6 Å². The lowest BCUT2D eigenvalue weighted by molar-refractivity contribution is -0.144. The second-order valence-corrected chi connectivity index (χ2v) is 6.71. The van der Waals surface area contributed by atoms with Gasteiger partial charge in [-0.1, -0.05) is 6.58 Å². The summed E-state index contributed by atoms with van der Waals surface area (Å²) in [5.74, 6) is -0.290. The highest BCUT2D eigenvalue weighted by Crippen LogP contribution is 2.25. The van der Waals surface area contributed by atoms with Crippen LogP contribution in [0.2, 0.25) is 0 Å². The van der Waals surface area contributed by atoms with E-state index < -0.39 is 17.6 Å². The van der Waals surface area contributed by atoms with Crippen molar-refractivity contribution in [1.29, 1.82) is 0 Å². The minimum atomic E-state index is -0.746. The normalized spacial score (nSPS) is 11.7. The standard InChI is InChI=1S/C21H25NO6/c1-12(2)11-27-15-6-7-16-13(3)17(21(25)28-18(16)10-15)8-9-19(23)22-14(4)20(24)26-5/h6-7,10,14H,1,8-9,11H2,2-5H3,(H,22,23)/t14-/m1/s1. The first-order chi connectivity index (χ1) is 13.2. The van der Waals surface area contributed by atoms with Gasteiger partial charge in [0.1, 0.15) is 24.0 Å². The Bertz CT molecular complexity index is 959. The minimum Gasteiger partial charge on any atom is -0.489 e. The average Bonchev–Trinajstić information content (AvgIpc) is 2.65. The molecule has 1 heterocycles. The SMILES string of the molecule is C=C(C)COc1ccc2c(C)c(CCC(=O)N[C@H](C)C(=O)OC)c(=O)oc2c1. The third-order valence-corrected chi connectivity index (χ3v) is 4.28. The summed E-state index contributed by atoms with van der Waals surface area (Å²) in [6.07, 6.45) is 0.260. The number of rotatable bonds is 8. The molecule has 0 bridgehead atoms. The first kappa shape index (κ1) is 21.2. The second-order valence-electron chi connectivity index (χ2n) is 6.71. The van der Waals surface area contributed by atoms with E-state index in [1.165, 1.54) is 14.0 Å². The predicted molar refractivity (Wildman–Crippen MR) is 105 cm³/mol. The minimum absolute atomic E-state index is 0.0538. The fraction of sp³-hybridized carbons (Fsp3) is 0.381. The summed E-state index contributed by atoms with van der Waals surface area (Å²) in [6.45, 7) is 9.38. The van der Waals surface area contributed by atoms with E-state index in [1.54, 1.807) is 12.1 Å². The highest BCUT2D eigenvalue weighted by atomic mass is 16.5. The van der Waals surface area contributed by atoms with E-state index in [0.717, 1.165) is 16.5 Å². The van der Waals surface area contributed by atoms with Gasteiger partial charge >= 0.3 is 11.6 Å². The van der Waals surface area contributed by atoms with Crippen LogP contribution >= 0.6 is 0 Å². The number of amides is 1. The molecule has 7 heteroatoms. The maximum atomic E-state index is 12.4. The molecule has 1 atom stereocenters. The first-order valence-corrected chi connectivity index (χ1v) is 8.93. The molecule has 1 aromatic heterocycles. The Morgan fingerprint density at radius 1 is 1.32 bits per heavy atom. The number of hydrogen-bond donors (Lipinski definition) is 1. The molecule has 0 saturated heterocycles. The van der Waals surface area contributed by atoms with Crippen LogP contribution in [0.5, 0.6) is 5.75 Å². The molecule has 0 aliphatic heterocycles. The Hall–Kier alpha value is -3.09. The molecule has 0 aliphatic carbocycles. The summed E-state index contributed by atoms with van der Waals surface area (Å²) in [6, 6.07) is 4.54. The summed E-state index contributed by atoms with van der Waals surface area (Å²) in [7, 11) is 1.25. The number of hydrogen-bond acceptors (Lipinski definition) is 6. The van der Waals surface area contributed by atoms with Crippen LogP contribution in [0.15, 0.2) is 39.6 Å². The molecule has 0 saturated carbocycles. The number of ether oxygens (including phenoxy) is 2. The largest absolute Gasteiger partial charge is 0.489 e. The molecule has 2 rings (SSSR count). The number of fused-ring (bicyclic) bond motifs is 1. The predicted octanol–water partition coefficient (Wildman–Crippen LogP) is 2.67. The average molecular weight is 387 g/mol. The van der Waals surface area contributed by atoms with Gasteiger partial charge in [-0.3, -0.25) is 4.79 Å². The Morgan fingerprint density at radius 2 is 2.04 bits per heavy atom. The van der Waals surface area contributed by atoms with Crippen LogP contribution in [0.4, 0.5) is 0 Å². The van der Waals surface area contributed by atoms with E-state index in [4.69, 9.17) is 9.15 Å². The van der Waals surface area contributed by atoms with Crippen molar-refractivity contribution < 1.29 is 23.5 Å². The topological polar surface area (TPSA) is 94.8 Å². The van der Waals surface area contributed by atoms with Gasteiger partial charge in [0.15, 0.2) is 0 Å². The van der Waals surface area contributed by atoms with E-state index in [0.29, 0.717) is 23.5 Å². The summed E-state index contributed by atoms with van der Waals surface area (Å²) >= 11 is 0. The molecular formula is C21H25NO6. The molecule has 0 spiro atoms. The zero-order valence-electron chi connectivity index (χ0n) is 16.6. The van der Waals surface area contributed by atoms with Gasteiger partial charge < -0.3 is 19.2 Å². The first-order valence-electron chi connectivity index (χ1n) is 8.93. The molecule has 0 unspecified atom stereocenters. The highest BCUT2D eigenvalue weighted by Gasteiger charge is 2.17. The van der Waals surface area contributed by atoms with Gasteiger partial charge in [-0.2, -0.15) is 0 Å². The number of carbonyl (C=O) groups is 2. The summed E-state index contributed by atoms with van der Waals surface area (Å²) in [5.41, 5.74) is 2.01. The molecule has 2 aromatic rings. The number of esters is 1. The van der Waals surface area contributed by atoms with Gasteiger partial charge in [0.05, 0.1) is 7.11 Å². The van der Waals surface area contributed by atoms with Crippen molar-refractivity contribution >= 4 is 22.8 Å². The molecule has 7 nitrogen and oxygen atoms in total. The maximum Gasteiger partial charge on any atom is 0.339 e. The molecule has 0 aliphatic rings. The fourth-order valence-electron chi connectivity index (χ4n) is 2.75. The van der Waals surface area contributed by atoms with Crippen LogP contribution in [-0.2, 0) is 20.7 Å². The van der Waals surface area contributed by atoms with Crippen LogP contribution in [0.1, 0.15) is 31.4 Å². The van der Waals surface area contributed by atoms with E-state index in [1.807, 2.05) is 19.9 Å². The Kier molecular flexibility index (Phi) is 6.98. The molecule has 150 valence electrons. The molecule has 1 aromatic carbocycles. The van der Waals surface area contributed by atoms with Crippen LogP contribution < -0.4 is 15.7 Å². The van der Waals surface area contributed by atoms with Gasteiger partial charge in [0.2, 0.25) is 5.91 Å². The highest BCUT2D eigenvalue weighted by molar-refractivity contribution is 5.85. The molecule has 1 N–H and O–H groups in total. The van der Waals surface area contributed by atoms with Crippen molar-refractivity contribution in [2.75, 3.05) is 13.7 Å². The van der Waals surface area contributed by atoms with E-state index >= 15 is 0 Å². The number of carbonyl (C=O) groups excluding carboxylic acids is 2. The lowest BCUT2D eigenvalue weighted by atomic mass is 10.0. The van der Waals surface area contributed by atoms with Gasteiger partial charge in [-0.15, -0.1) is 0 Å². The molecular weight excluding hydrogens is 362 g/mol. The van der Waals surface area contributed by atoms with Gasteiger partial charge in [-0.05, 0) is 50.5 Å². The maximum absolute atomic E-state index is 12.4. The Morgan fingerprint density at radius 3 is 2.68 bits per heavy atom. The second kappa shape index (κ2) is 9.21. The number of nitrogens with one attached hydrogen (secondary N) is 1. The monoisotopic (exact) mass is 387 g/mol. The van der Waals surface area contributed by atoms with Gasteiger partial charge in [0.25, 0.3) is 0 Å². The summed E-state index contributed by atoms with van der Waals surface area (Å²) in [4.78, 5) is 35.8. The van der Waals surface area contributed by atoms with Crippen LogP contribution in [0, 0.1) is 6.92 Å². The van der Waals surface area contributed by atoms with Crippen molar-refractivity contribution in [3.05, 3.63) is 51.9 Å². The lowest BCUT2D eigenvalue weighted by Crippen LogP contribution is -2.39. The Labute approximate surface area is 163 Å². The molecule has 0 fully saturated rings. The van der Waals surface area contributed by atoms with Crippen LogP contribution in [-0.4, -0.2) is 31.6 Å². The fourth-order valence-corrected chi connectivity index (χ4v) is 2.75. The third kappa shape index (κ3) is 5.22. The van der Waals surface area contributed by atoms with Crippen molar-refractivity contribution in [3.8, 4) is 5.75 Å². The number of methoxy groups -OCH3 is 1. The van der Waals surface area contributed by atoms with Gasteiger partial charge in [-0.25, -0.2) is 9.59 Å². The number of aryl methyl sites for hydroxylation is 1. The number of benzene rings is 1. The summed E-state index contributed by atoms with van der Waals surface area (Å²) < 4.78 is 15.6. The van der Waals surface area contributed by atoms with Crippen molar-refractivity contribution in [2.45, 2.75) is 39.7 Å².